The van der Waals surface area contributed by atoms with Gasteiger partial charge in [-0.3, -0.25) is 4.68 Å². The zero-order valence-corrected chi connectivity index (χ0v) is 13.3. The van der Waals surface area contributed by atoms with Gasteiger partial charge in [-0.2, -0.15) is 10.4 Å². The predicted octanol–water partition coefficient (Wildman–Crippen LogP) is 2.68. The number of aromatic nitrogens is 2. The maximum absolute atomic E-state index is 9.01. The summed E-state index contributed by atoms with van der Waals surface area (Å²) in [7, 11) is 0. The molecule has 1 N–H and O–H groups in total. The molecule has 1 aromatic heterocycles. The summed E-state index contributed by atoms with van der Waals surface area (Å²) in [6.45, 7) is 7.54. The van der Waals surface area contributed by atoms with E-state index in [0.29, 0.717) is 24.5 Å². The summed E-state index contributed by atoms with van der Waals surface area (Å²) >= 11 is 0. The van der Waals surface area contributed by atoms with Crippen LogP contribution in [0.2, 0.25) is 0 Å². The molecule has 0 saturated carbocycles. The minimum Gasteiger partial charge on any atom is -0.491 e. The van der Waals surface area contributed by atoms with Crippen molar-refractivity contribution in [3.63, 3.8) is 0 Å². The third-order valence-corrected chi connectivity index (χ3v) is 3.70. The second kappa shape index (κ2) is 7.62. The van der Waals surface area contributed by atoms with Crippen LogP contribution >= 0.6 is 0 Å². The lowest BCUT2D eigenvalue weighted by atomic mass is 10.2. The monoisotopic (exact) mass is 298 g/mol. The summed E-state index contributed by atoms with van der Waals surface area (Å²) in [5.74, 6) is 0.634. The van der Waals surface area contributed by atoms with Gasteiger partial charge in [0, 0.05) is 18.8 Å². The number of hydrogen-bond acceptors (Lipinski definition) is 4. The van der Waals surface area contributed by atoms with Crippen molar-refractivity contribution < 1.29 is 4.74 Å². The lowest BCUT2D eigenvalue weighted by molar-refractivity contribution is 0.288. The molecule has 0 aliphatic rings. The van der Waals surface area contributed by atoms with Crippen molar-refractivity contribution >= 4 is 0 Å². The molecule has 0 amide bonds. The van der Waals surface area contributed by atoms with E-state index in [1.54, 1.807) is 6.07 Å². The van der Waals surface area contributed by atoms with Gasteiger partial charge in [0.1, 0.15) is 18.4 Å². The quantitative estimate of drug-likeness (QED) is 0.798. The molecular formula is C17H22N4O. The van der Waals surface area contributed by atoms with Crippen molar-refractivity contribution in [3.8, 4) is 11.8 Å². The first-order valence-electron chi connectivity index (χ1n) is 7.48. The van der Waals surface area contributed by atoms with Crippen LogP contribution in [0.1, 0.15) is 31.0 Å². The Morgan fingerprint density at radius 2 is 2.14 bits per heavy atom. The fraction of sp³-hybridized carbons (Fsp3) is 0.412. The summed E-state index contributed by atoms with van der Waals surface area (Å²) in [5, 5.41) is 16.8. The van der Waals surface area contributed by atoms with Crippen LogP contribution in [0.5, 0.6) is 5.75 Å². The van der Waals surface area contributed by atoms with E-state index in [0.717, 1.165) is 5.56 Å². The molecule has 0 radical (unpaired) electrons. The van der Waals surface area contributed by atoms with E-state index in [4.69, 9.17) is 10.00 Å². The molecule has 5 nitrogen and oxygen atoms in total. The van der Waals surface area contributed by atoms with Crippen LogP contribution in [0, 0.1) is 18.3 Å². The van der Waals surface area contributed by atoms with Gasteiger partial charge in [-0.1, -0.05) is 12.1 Å². The van der Waals surface area contributed by atoms with Crippen LogP contribution in [-0.2, 0) is 0 Å². The topological polar surface area (TPSA) is 62.9 Å². The first-order chi connectivity index (χ1) is 10.6. The lowest BCUT2D eigenvalue weighted by Gasteiger charge is -2.22. The Morgan fingerprint density at radius 1 is 1.36 bits per heavy atom. The molecule has 0 aliphatic heterocycles. The minimum absolute atomic E-state index is 0.264. The van der Waals surface area contributed by atoms with Crippen LogP contribution in [-0.4, -0.2) is 29.0 Å². The molecule has 2 rings (SSSR count). The Balaban J connectivity index is 1.78. The molecule has 1 heterocycles. The predicted molar refractivity (Wildman–Crippen MR) is 85.8 cm³/mol. The van der Waals surface area contributed by atoms with Crippen LogP contribution in [0.15, 0.2) is 36.7 Å². The second-order valence-corrected chi connectivity index (χ2v) is 5.44. The Kier molecular flexibility index (Phi) is 5.56. The van der Waals surface area contributed by atoms with Crippen molar-refractivity contribution in [2.45, 2.75) is 32.9 Å². The van der Waals surface area contributed by atoms with Gasteiger partial charge < -0.3 is 10.1 Å². The molecular weight excluding hydrogens is 276 g/mol. The zero-order chi connectivity index (χ0) is 15.9. The van der Waals surface area contributed by atoms with Gasteiger partial charge in [-0.15, -0.1) is 0 Å². The first kappa shape index (κ1) is 16.1. The number of para-hydroxylation sites is 1. The van der Waals surface area contributed by atoms with Gasteiger partial charge in [0.2, 0.25) is 0 Å². The smallest absolute Gasteiger partial charge is 0.137 e. The van der Waals surface area contributed by atoms with Gasteiger partial charge in [-0.05, 0) is 38.5 Å². The van der Waals surface area contributed by atoms with Crippen LogP contribution in [0.25, 0.3) is 0 Å². The van der Waals surface area contributed by atoms with E-state index in [1.165, 1.54) is 0 Å². The third kappa shape index (κ3) is 4.09. The van der Waals surface area contributed by atoms with Gasteiger partial charge >= 0.3 is 0 Å². The summed E-state index contributed by atoms with van der Waals surface area (Å²) in [6.07, 6.45) is 3.91. The molecule has 2 atom stereocenters. The third-order valence-electron chi connectivity index (χ3n) is 3.70. The highest BCUT2D eigenvalue weighted by Crippen LogP contribution is 2.16. The lowest BCUT2D eigenvalue weighted by Crippen LogP contribution is -2.36. The fourth-order valence-electron chi connectivity index (χ4n) is 2.19. The van der Waals surface area contributed by atoms with Crippen molar-refractivity contribution in [2.24, 2.45) is 0 Å². The molecule has 0 bridgehead atoms. The van der Waals surface area contributed by atoms with Crippen LogP contribution in [0.4, 0.5) is 0 Å². The molecule has 22 heavy (non-hydrogen) atoms. The number of nitriles is 1. The number of ether oxygens (including phenoxy) is 1. The van der Waals surface area contributed by atoms with Crippen molar-refractivity contribution in [1.29, 1.82) is 5.26 Å². The largest absolute Gasteiger partial charge is 0.491 e. The maximum Gasteiger partial charge on any atom is 0.137 e. The highest BCUT2D eigenvalue weighted by molar-refractivity contribution is 5.42. The first-order valence-corrected chi connectivity index (χ1v) is 7.48. The number of hydrogen-bond donors (Lipinski definition) is 1. The standard InChI is InChI=1S/C17H22N4O/c1-13-11-20-21(12-13)15(3)14(2)19-8-9-22-17-7-5-4-6-16(17)10-18/h4-7,11-12,14-15,19H,8-9H2,1-3H3/t14-,15-/m0/s1. The average Bonchev–Trinajstić information content (AvgIpc) is 2.97. The summed E-state index contributed by atoms with van der Waals surface area (Å²) in [5.41, 5.74) is 1.73. The van der Waals surface area contributed by atoms with Gasteiger partial charge in [0.15, 0.2) is 0 Å². The van der Waals surface area contributed by atoms with E-state index in [1.807, 2.05) is 42.2 Å². The molecule has 0 aliphatic carbocycles. The highest BCUT2D eigenvalue weighted by Gasteiger charge is 2.14. The number of nitrogens with one attached hydrogen (secondary N) is 1. The molecule has 2 aromatic rings. The molecule has 5 heteroatoms. The summed E-state index contributed by atoms with van der Waals surface area (Å²) in [6, 6.07) is 9.94. The number of aryl methyl sites for hydroxylation is 1. The second-order valence-electron chi connectivity index (χ2n) is 5.44. The molecule has 0 fully saturated rings. The number of benzene rings is 1. The number of rotatable bonds is 7. The van der Waals surface area contributed by atoms with Gasteiger partial charge in [0.25, 0.3) is 0 Å². The van der Waals surface area contributed by atoms with Gasteiger partial charge in [-0.25, -0.2) is 0 Å². The minimum atomic E-state index is 0.264. The van der Waals surface area contributed by atoms with E-state index < -0.39 is 0 Å². The summed E-state index contributed by atoms with van der Waals surface area (Å²) in [4.78, 5) is 0. The molecule has 0 spiro atoms. The zero-order valence-electron chi connectivity index (χ0n) is 13.3. The van der Waals surface area contributed by atoms with Crippen molar-refractivity contribution in [1.82, 2.24) is 15.1 Å². The molecule has 0 saturated heterocycles. The number of nitrogens with zero attached hydrogens (tertiary/aromatic N) is 3. The van der Waals surface area contributed by atoms with E-state index in [9.17, 15) is 0 Å². The van der Waals surface area contributed by atoms with E-state index in [-0.39, 0.29) is 12.1 Å². The SMILES string of the molecule is Cc1cnn([C@@H](C)[C@H](C)NCCOc2ccccc2C#N)c1. The summed E-state index contributed by atoms with van der Waals surface area (Å²) < 4.78 is 7.63. The van der Waals surface area contributed by atoms with Crippen molar-refractivity contribution in [3.05, 3.63) is 47.8 Å². The molecule has 1 aromatic carbocycles. The molecule has 0 unspecified atom stereocenters. The normalized spacial score (nSPS) is 13.4. The van der Waals surface area contributed by atoms with Crippen molar-refractivity contribution in [2.75, 3.05) is 13.2 Å². The Hall–Kier alpha value is -2.32. The average molecular weight is 298 g/mol. The Bertz CT molecular complexity index is 644. The Labute approximate surface area is 131 Å². The maximum atomic E-state index is 9.01. The van der Waals surface area contributed by atoms with E-state index >= 15 is 0 Å². The Morgan fingerprint density at radius 3 is 2.82 bits per heavy atom. The van der Waals surface area contributed by atoms with E-state index in [2.05, 4.69) is 30.3 Å². The molecule has 116 valence electrons. The van der Waals surface area contributed by atoms with Gasteiger partial charge in [0.05, 0.1) is 17.8 Å². The van der Waals surface area contributed by atoms with Crippen LogP contribution in [0.3, 0.4) is 0 Å². The van der Waals surface area contributed by atoms with Crippen LogP contribution < -0.4 is 10.1 Å². The highest BCUT2D eigenvalue weighted by atomic mass is 16.5. The fourth-order valence-corrected chi connectivity index (χ4v) is 2.19.